The van der Waals surface area contributed by atoms with E-state index in [2.05, 4.69) is 19.2 Å². The van der Waals surface area contributed by atoms with Crippen molar-refractivity contribution in [1.82, 2.24) is 5.32 Å². The number of rotatable bonds is 8. The molecule has 0 fully saturated rings. The lowest BCUT2D eigenvalue weighted by atomic mass is 9.95. The van der Waals surface area contributed by atoms with E-state index < -0.39 is 0 Å². The van der Waals surface area contributed by atoms with Gasteiger partial charge in [0.2, 0.25) is 0 Å². The van der Waals surface area contributed by atoms with Crippen LogP contribution in [0.2, 0.25) is 0 Å². The number of ether oxygens (including phenoxy) is 1. The van der Waals surface area contributed by atoms with Crippen LogP contribution in [0.15, 0.2) is 0 Å². The van der Waals surface area contributed by atoms with E-state index in [9.17, 15) is 0 Å². The van der Waals surface area contributed by atoms with Crippen molar-refractivity contribution in [2.75, 3.05) is 19.8 Å². The van der Waals surface area contributed by atoms with Crippen molar-refractivity contribution in [2.24, 2.45) is 0 Å². The molecule has 1 unspecified atom stereocenters. The van der Waals surface area contributed by atoms with Gasteiger partial charge in [-0.2, -0.15) is 0 Å². The van der Waals surface area contributed by atoms with Crippen molar-refractivity contribution in [3.05, 3.63) is 0 Å². The molecule has 0 spiro atoms. The highest BCUT2D eigenvalue weighted by Crippen LogP contribution is 2.12. The minimum Gasteiger partial charge on any atom is -0.396 e. The molecule has 0 aliphatic carbocycles. The molecule has 2 N–H and O–H groups in total. The highest BCUT2D eigenvalue weighted by atomic mass is 16.5. The van der Waals surface area contributed by atoms with Gasteiger partial charge in [-0.25, -0.2) is 0 Å². The Hall–Kier alpha value is -0.120. The number of aliphatic hydroxyl groups excluding tert-OH is 1. The van der Waals surface area contributed by atoms with Crippen LogP contribution in [0, 0.1) is 0 Å². The molecule has 86 valence electrons. The average Bonchev–Trinajstić information content (AvgIpc) is 2.13. The molecule has 0 aromatic rings. The van der Waals surface area contributed by atoms with Gasteiger partial charge in [0.1, 0.15) is 0 Å². The molecule has 3 heteroatoms. The third kappa shape index (κ3) is 6.35. The molecule has 0 aliphatic rings. The Morgan fingerprint density at radius 2 is 2.07 bits per heavy atom. The van der Waals surface area contributed by atoms with Gasteiger partial charge in [0.15, 0.2) is 0 Å². The number of nitrogens with one attached hydrogen (secondary N) is 1. The zero-order valence-corrected chi connectivity index (χ0v) is 9.97. The van der Waals surface area contributed by atoms with Crippen LogP contribution in [-0.4, -0.2) is 36.5 Å². The lowest BCUT2D eigenvalue weighted by Gasteiger charge is -2.29. The quantitative estimate of drug-likeness (QED) is 0.588. The van der Waals surface area contributed by atoms with E-state index >= 15 is 0 Å². The summed E-state index contributed by atoms with van der Waals surface area (Å²) in [7, 11) is 0. The van der Waals surface area contributed by atoms with Crippen LogP contribution in [0.25, 0.3) is 0 Å². The van der Waals surface area contributed by atoms with Gasteiger partial charge < -0.3 is 15.2 Å². The summed E-state index contributed by atoms with van der Waals surface area (Å²) in [6.45, 7) is 10.2. The lowest BCUT2D eigenvalue weighted by Crippen LogP contribution is -2.44. The molecule has 1 atom stereocenters. The fourth-order valence-electron chi connectivity index (χ4n) is 1.28. The molecular formula is C11H25NO2. The van der Waals surface area contributed by atoms with Crippen molar-refractivity contribution < 1.29 is 9.84 Å². The van der Waals surface area contributed by atoms with Crippen LogP contribution >= 0.6 is 0 Å². The molecule has 0 aromatic heterocycles. The van der Waals surface area contributed by atoms with Gasteiger partial charge in [0.05, 0.1) is 12.7 Å². The minimum atomic E-state index is 0.0507. The van der Waals surface area contributed by atoms with Crippen molar-refractivity contribution in [3.8, 4) is 0 Å². The second-order valence-electron chi connectivity index (χ2n) is 4.23. The molecule has 0 aliphatic heterocycles. The summed E-state index contributed by atoms with van der Waals surface area (Å²) in [4.78, 5) is 0. The van der Waals surface area contributed by atoms with E-state index in [-0.39, 0.29) is 12.1 Å². The Balaban J connectivity index is 3.61. The molecule has 0 heterocycles. The first-order valence-electron chi connectivity index (χ1n) is 5.51. The normalized spacial score (nSPS) is 15.9. The summed E-state index contributed by atoms with van der Waals surface area (Å²) in [6.07, 6.45) is 2.11. The molecule has 14 heavy (non-hydrogen) atoms. The Bertz CT molecular complexity index is 139. The number of hydrogen-bond acceptors (Lipinski definition) is 3. The van der Waals surface area contributed by atoms with Crippen LogP contribution in [0.4, 0.5) is 0 Å². The molecule has 3 nitrogen and oxygen atoms in total. The second-order valence-corrected chi connectivity index (χ2v) is 4.23. The molecule has 0 bridgehead atoms. The maximum absolute atomic E-state index is 8.91. The topological polar surface area (TPSA) is 41.5 Å². The summed E-state index contributed by atoms with van der Waals surface area (Å²) in [5.74, 6) is 0. The zero-order chi connectivity index (χ0) is 11.0. The third-order valence-corrected chi connectivity index (χ3v) is 2.55. The first-order valence-corrected chi connectivity index (χ1v) is 5.51. The minimum absolute atomic E-state index is 0.0507. The largest absolute Gasteiger partial charge is 0.396 e. The monoisotopic (exact) mass is 203 g/mol. The average molecular weight is 203 g/mol. The molecule has 0 amide bonds. The van der Waals surface area contributed by atoms with Gasteiger partial charge in [-0.1, -0.05) is 6.92 Å². The van der Waals surface area contributed by atoms with Crippen molar-refractivity contribution in [3.63, 3.8) is 0 Å². The molecular weight excluding hydrogens is 178 g/mol. The highest BCUT2D eigenvalue weighted by Gasteiger charge is 2.19. The van der Waals surface area contributed by atoms with E-state index in [1.54, 1.807) is 0 Å². The Morgan fingerprint density at radius 1 is 1.43 bits per heavy atom. The predicted molar refractivity (Wildman–Crippen MR) is 59.5 cm³/mol. The third-order valence-electron chi connectivity index (χ3n) is 2.55. The van der Waals surface area contributed by atoms with Crippen molar-refractivity contribution >= 4 is 0 Å². The first kappa shape index (κ1) is 13.9. The fourth-order valence-corrected chi connectivity index (χ4v) is 1.28. The van der Waals surface area contributed by atoms with Crippen LogP contribution in [0.5, 0.6) is 0 Å². The maximum Gasteiger partial charge on any atom is 0.0594 e. The summed E-state index contributed by atoms with van der Waals surface area (Å²) < 4.78 is 5.43. The molecule has 0 saturated carbocycles. The van der Waals surface area contributed by atoms with E-state index in [0.29, 0.717) is 6.10 Å². The van der Waals surface area contributed by atoms with Gasteiger partial charge in [-0.15, -0.1) is 0 Å². The van der Waals surface area contributed by atoms with Crippen LogP contribution in [0.3, 0.4) is 0 Å². The SMILES string of the molecule is CCC(C)(CCO)NCCOC(C)C. The van der Waals surface area contributed by atoms with E-state index in [0.717, 1.165) is 26.0 Å². The molecule has 0 saturated heterocycles. The maximum atomic E-state index is 8.91. The van der Waals surface area contributed by atoms with Crippen molar-refractivity contribution in [1.29, 1.82) is 0 Å². The molecule has 0 rings (SSSR count). The summed E-state index contributed by atoms with van der Waals surface area (Å²) in [5.41, 5.74) is 0.0507. The molecule has 0 radical (unpaired) electrons. The summed E-state index contributed by atoms with van der Waals surface area (Å²) in [6, 6.07) is 0. The van der Waals surface area contributed by atoms with Crippen molar-refractivity contribution in [2.45, 2.75) is 52.2 Å². The molecule has 0 aromatic carbocycles. The summed E-state index contributed by atoms with van der Waals surface area (Å²) >= 11 is 0. The van der Waals surface area contributed by atoms with Crippen LogP contribution in [-0.2, 0) is 4.74 Å². The van der Waals surface area contributed by atoms with Gasteiger partial charge in [0, 0.05) is 18.7 Å². The standard InChI is InChI=1S/C11H25NO2/c1-5-11(4,6-8-13)12-7-9-14-10(2)3/h10,12-13H,5-9H2,1-4H3. The number of hydrogen-bond donors (Lipinski definition) is 2. The smallest absolute Gasteiger partial charge is 0.0594 e. The van der Waals surface area contributed by atoms with E-state index in [4.69, 9.17) is 9.84 Å². The summed E-state index contributed by atoms with van der Waals surface area (Å²) in [5, 5.41) is 12.3. The Morgan fingerprint density at radius 3 is 2.50 bits per heavy atom. The zero-order valence-electron chi connectivity index (χ0n) is 9.97. The first-order chi connectivity index (χ1) is 6.54. The highest BCUT2D eigenvalue weighted by molar-refractivity contribution is 4.80. The Labute approximate surface area is 87.8 Å². The van der Waals surface area contributed by atoms with Gasteiger partial charge >= 0.3 is 0 Å². The van der Waals surface area contributed by atoms with Gasteiger partial charge in [0.25, 0.3) is 0 Å². The lowest BCUT2D eigenvalue weighted by molar-refractivity contribution is 0.0743. The Kier molecular flexibility index (Phi) is 7.15. The predicted octanol–water partition coefficient (Wildman–Crippen LogP) is 1.55. The van der Waals surface area contributed by atoms with Gasteiger partial charge in [-0.05, 0) is 33.6 Å². The van der Waals surface area contributed by atoms with Gasteiger partial charge in [-0.3, -0.25) is 0 Å². The van der Waals surface area contributed by atoms with E-state index in [1.807, 2.05) is 13.8 Å². The number of aliphatic hydroxyl groups is 1. The fraction of sp³-hybridized carbons (Fsp3) is 1.00. The van der Waals surface area contributed by atoms with E-state index in [1.165, 1.54) is 0 Å². The second kappa shape index (κ2) is 7.21. The van der Waals surface area contributed by atoms with Crippen LogP contribution in [0.1, 0.15) is 40.5 Å². The van der Waals surface area contributed by atoms with Crippen LogP contribution < -0.4 is 5.32 Å².